The lowest BCUT2D eigenvalue weighted by molar-refractivity contribution is 0.427. The van der Waals surface area contributed by atoms with Crippen LogP contribution in [0.4, 0.5) is 5.82 Å². The fourth-order valence-electron chi connectivity index (χ4n) is 2.76. The maximum atomic E-state index is 11.5. The minimum atomic E-state index is -0.0567. The smallest absolute Gasteiger partial charge is 0.252 e. The molecule has 0 atom stereocenters. The maximum absolute atomic E-state index is 11.5. The Bertz CT molecular complexity index is 462. The molecule has 1 aromatic rings. The van der Waals surface area contributed by atoms with Gasteiger partial charge in [0.15, 0.2) is 0 Å². The largest absolute Gasteiger partial charge is 0.370 e. The number of aryl methyl sites for hydroxylation is 1. The minimum Gasteiger partial charge on any atom is -0.370 e. The van der Waals surface area contributed by atoms with Crippen LogP contribution in [0.5, 0.6) is 0 Å². The molecule has 0 amide bonds. The number of anilines is 1. The van der Waals surface area contributed by atoms with Gasteiger partial charge in [0.1, 0.15) is 11.6 Å². The molecule has 2 aliphatic rings. The van der Waals surface area contributed by atoms with Gasteiger partial charge in [-0.3, -0.25) is 4.79 Å². The fraction of sp³-hybridized carbons (Fsp3) is 0.714. The number of nitrogens with zero attached hydrogens (tertiary/aromatic N) is 1. The molecule has 0 aromatic carbocycles. The minimum absolute atomic E-state index is 0.0567. The number of H-pyrrole nitrogens is 1. The summed E-state index contributed by atoms with van der Waals surface area (Å²) in [4.78, 5) is 18.6. The molecule has 18 heavy (non-hydrogen) atoms. The molecular weight excluding hydrogens is 226 g/mol. The molecular formula is C14H21N3O. The SMILES string of the molecule is CCc1nc(NCC(C2CC2)C2CC2)cc(=O)[nH]1. The van der Waals surface area contributed by atoms with E-state index in [0.29, 0.717) is 0 Å². The van der Waals surface area contributed by atoms with E-state index in [1.54, 1.807) is 6.07 Å². The first kappa shape index (κ1) is 11.8. The second-order valence-electron chi connectivity index (χ2n) is 5.65. The first-order chi connectivity index (χ1) is 8.76. The summed E-state index contributed by atoms with van der Waals surface area (Å²) in [5, 5.41) is 3.37. The molecule has 2 saturated carbocycles. The average Bonchev–Trinajstić information content (AvgIpc) is 3.22. The van der Waals surface area contributed by atoms with Crippen molar-refractivity contribution in [2.24, 2.45) is 17.8 Å². The van der Waals surface area contributed by atoms with E-state index in [0.717, 1.165) is 42.4 Å². The number of nitrogens with one attached hydrogen (secondary N) is 2. The van der Waals surface area contributed by atoms with E-state index in [1.807, 2.05) is 6.92 Å². The van der Waals surface area contributed by atoms with Gasteiger partial charge in [0.25, 0.3) is 5.56 Å². The van der Waals surface area contributed by atoms with Crippen LogP contribution in [0.2, 0.25) is 0 Å². The van der Waals surface area contributed by atoms with Crippen molar-refractivity contribution in [1.29, 1.82) is 0 Å². The number of aromatic nitrogens is 2. The zero-order chi connectivity index (χ0) is 12.5. The standard InChI is InChI=1S/C14H21N3O/c1-2-12-16-13(7-14(18)17-12)15-8-11(9-3-4-9)10-5-6-10/h7,9-11H,2-6,8H2,1H3,(H2,15,16,17,18). The molecule has 3 rings (SSSR count). The maximum Gasteiger partial charge on any atom is 0.252 e. The molecule has 4 heteroatoms. The highest BCUT2D eigenvalue weighted by Crippen LogP contribution is 2.49. The normalized spacial score (nSPS) is 19.2. The van der Waals surface area contributed by atoms with E-state index >= 15 is 0 Å². The van der Waals surface area contributed by atoms with Crippen molar-refractivity contribution in [3.8, 4) is 0 Å². The van der Waals surface area contributed by atoms with E-state index < -0.39 is 0 Å². The molecule has 1 heterocycles. The molecule has 2 fully saturated rings. The van der Waals surface area contributed by atoms with E-state index in [9.17, 15) is 4.79 Å². The average molecular weight is 247 g/mol. The molecule has 98 valence electrons. The van der Waals surface area contributed by atoms with Gasteiger partial charge in [0, 0.05) is 19.0 Å². The molecule has 0 spiro atoms. The molecule has 0 radical (unpaired) electrons. The van der Waals surface area contributed by atoms with Crippen LogP contribution in [-0.4, -0.2) is 16.5 Å². The molecule has 2 aliphatic carbocycles. The Morgan fingerprint density at radius 1 is 1.39 bits per heavy atom. The first-order valence-electron chi connectivity index (χ1n) is 7.10. The quantitative estimate of drug-likeness (QED) is 0.810. The van der Waals surface area contributed by atoms with Gasteiger partial charge in [-0.1, -0.05) is 6.92 Å². The van der Waals surface area contributed by atoms with Gasteiger partial charge >= 0.3 is 0 Å². The molecule has 1 aromatic heterocycles. The summed E-state index contributed by atoms with van der Waals surface area (Å²) in [6.45, 7) is 2.98. The van der Waals surface area contributed by atoms with E-state index in [4.69, 9.17) is 0 Å². The monoisotopic (exact) mass is 247 g/mol. The summed E-state index contributed by atoms with van der Waals surface area (Å²) >= 11 is 0. The van der Waals surface area contributed by atoms with Crippen LogP contribution >= 0.6 is 0 Å². The fourth-order valence-corrected chi connectivity index (χ4v) is 2.76. The molecule has 4 nitrogen and oxygen atoms in total. The van der Waals surface area contributed by atoms with Crippen LogP contribution in [0.15, 0.2) is 10.9 Å². The van der Waals surface area contributed by atoms with Gasteiger partial charge in [-0.2, -0.15) is 0 Å². The van der Waals surface area contributed by atoms with E-state index in [2.05, 4.69) is 15.3 Å². The van der Waals surface area contributed by atoms with Crippen molar-refractivity contribution in [3.05, 3.63) is 22.2 Å². The lowest BCUT2D eigenvalue weighted by atomic mass is 9.98. The van der Waals surface area contributed by atoms with Gasteiger partial charge in [-0.05, 0) is 43.4 Å². The Hall–Kier alpha value is -1.32. The second kappa shape index (κ2) is 4.75. The Morgan fingerprint density at radius 2 is 2.06 bits per heavy atom. The summed E-state index contributed by atoms with van der Waals surface area (Å²) in [6, 6.07) is 1.57. The first-order valence-corrected chi connectivity index (χ1v) is 7.10. The van der Waals surface area contributed by atoms with Gasteiger partial charge < -0.3 is 10.3 Å². The van der Waals surface area contributed by atoms with Gasteiger partial charge in [0.05, 0.1) is 0 Å². The van der Waals surface area contributed by atoms with Crippen molar-refractivity contribution in [2.75, 3.05) is 11.9 Å². The third-order valence-electron chi connectivity index (χ3n) is 4.10. The van der Waals surface area contributed by atoms with Crippen molar-refractivity contribution < 1.29 is 0 Å². The third-order valence-corrected chi connectivity index (χ3v) is 4.10. The predicted octanol–water partition coefficient (Wildman–Crippen LogP) is 2.18. The van der Waals surface area contributed by atoms with Crippen molar-refractivity contribution in [3.63, 3.8) is 0 Å². The highest BCUT2D eigenvalue weighted by Gasteiger charge is 2.41. The Morgan fingerprint density at radius 3 is 2.61 bits per heavy atom. The van der Waals surface area contributed by atoms with Gasteiger partial charge in [-0.15, -0.1) is 0 Å². The van der Waals surface area contributed by atoms with Crippen LogP contribution in [0.25, 0.3) is 0 Å². The molecule has 2 N–H and O–H groups in total. The van der Waals surface area contributed by atoms with Crippen molar-refractivity contribution >= 4 is 5.82 Å². The van der Waals surface area contributed by atoms with E-state index in [-0.39, 0.29) is 5.56 Å². The Kier molecular flexibility index (Phi) is 3.10. The highest BCUT2D eigenvalue weighted by molar-refractivity contribution is 5.33. The summed E-state index contributed by atoms with van der Waals surface area (Å²) in [5.74, 6) is 4.16. The number of aromatic amines is 1. The highest BCUT2D eigenvalue weighted by atomic mass is 16.1. The van der Waals surface area contributed by atoms with Crippen LogP contribution in [0.1, 0.15) is 38.4 Å². The van der Waals surface area contributed by atoms with Crippen LogP contribution in [0.3, 0.4) is 0 Å². The van der Waals surface area contributed by atoms with E-state index in [1.165, 1.54) is 25.7 Å². The molecule has 0 bridgehead atoms. The number of rotatable bonds is 6. The number of hydrogen-bond acceptors (Lipinski definition) is 3. The van der Waals surface area contributed by atoms with Crippen LogP contribution in [-0.2, 0) is 6.42 Å². The summed E-state index contributed by atoms with van der Waals surface area (Å²) in [6.07, 6.45) is 6.34. The zero-order valence-corrected chi connectivity index (χ0v) is 10.9. The molecule has 0 unspecified atom stereocenters. The van der Waals surface area contributed by atoms with Crippen molar-refractivity contribution in [1.82, 2.24) is 9.97 Å². The predicted molar refractivity (Wildman–Crippen MR) is 71.7 cm³/mol. The molecule has 0 aliphatic heterocycles. The topological polar surface area (TPSA) is 57.8 Å². The Labute approximate surface area is 107 Å². The molecule has 0 saturated heterocycles. The lowest BCUT2D eigenvalue weighted by Crippen LogP contribution is -2.21. The summed E-state index contributed by atoms with van der Waals surface area (Å²) in [5.41, 5.74) is -0.0567. The summed E-state index contributed by atoms with van der Waals surface area (Å²) < 4.78 is 0. The van der Waals surface area contributed by atoms with Gasteiger partial charge in [-0.25, -0.2) is 4.98 Å². The third kappa shape index (κ3) is 2.74. The number of hydrogen-bond donors (Lipinski definition) is 2. The van der Waals surface area contributed by atoms with Crippen LogP contribution < -0.4 is 10.9 Å². The Balaban J connectivity index is 1.64. The van der Waals surface area contributed by atoms with Crippen molar-refractivity contribution in [2.45, 2.75) is 39.0 Å². The summed E-state index contributed by atoms with van der Waals surface area (Å²) in [7, 11) is 0. The van der Waals surface area contributed by atoms with Crippen LogP contribution in [0, 0.1) is 17.8 Å². The zero-order valence-electron chi connectivity index (χ0n) is 10.9. The van der Waals surface area contributed by atoms with Gasteiger partial charge in [0.2, 0.25) is 0 Å². The lowest BCUT2D eigenvalue weighted by Gasteiger charge is -2.16. The second-order valence-corrected chi connectivity index (χ2v) is 5.65.